The summed E-state index contributed by atoms with van der Waals surface area (Å²) in [5.74, 6) is 0.196. The Bertz CT molecular complexity index is 687. The van der Waals surface area contributed by atoms with E-state index in [0.717, 1.165) is 13.1 Å². The first-order valence-corrected chi connectivity index (χ1v) is 8.54. The number of nitrogens with one attached hydrogen (secondary N) is 1. The van der Waals surface area contributed by atoms with Crippen molar-refractivity contribution in [2.75, 3.05) is 25.0 Å². The van der Waals surface area contributed by atoms with Crippen LogP contribution in [0.1, 0.15) is 35.5 Å². The number of rotatable bonds is 7. The van der Waals surface area contributed by atoms with Crippen LogP contribution in [0.15, 0.2) is 16.8 Å². The molecule has 0 spiro atoms. The number of thiophene rings is 1. The molecule has 2 aromatic rings. The molecule has 0 aliphatic carbocycles. The number of carbonyl (C=O) groups excluding carboxylic acids is 2. The summed E-state index contributed by atoms with van der Waals surface area (Å²) in [5, 5.41) is 10.8. The van der Waals surface area contributed by atoms with E-state index < -0.39 is 0 Å². The van der Waals surface area contributed by atoms with Gasteiger partial charge in [0.05, 0.1) is 17.8 Å². The lowest BCUT2D eigenvalue weighted by atomic mass is 10.1. The predicted molar refractivity (Wildman–Crippen MR) is 92.1 cm³/mol. The smallest absolute Gasteiger partial charge is 0.239 e. The summed E-state index contributed by atoms with van der Waals surface area (Å²) >= 11 is 1.47. The number of carbonyl (C=O) groups is 2. The Morgan fingerprint density at radius 2 is 2.04 bits per heavy atom. The standard InChI is InChI=1S/C16H22N4O2S/c1-5-20(6-2)9-13(21)17-16-14(11(3)18-19(16)4)15(22)12-7-8-23-10-12/h7-8,10H,5-6,9H2,1-4H3,(H,17,21). The van der Waals surface area contributed by atoms with E-state index in [9.17, 15) is 9.59 Å². The van der Waals surface area contributed by atoms with E-state index in [2.05, 4.69) is 10.4 Å². The van der Waals surface area contributed by atoms with Crippen molar-refractivity contribution in [2.24, 2.45) is 7.05 Å². The Balaban J connectivity index is 2.25. The molecule has 0 unspecified atom stereocenters. The minimum absolute atomic E-state index is 0.116. The number of anilines is 1. The molecule has 0 saturated carbocycles. The largest absolute Gasteiger partial charge is 0.309 e. The predicted octanol–water partition coefficient (Wildman–Crippen LogP) is 2.30. The van der Waals surface area contributed by atoms with Crippen molar-refractivity contribution < 1.29 is 9.59 Å². The Labute approximate surface area is 140 Å². The fourth-order valence-corrected chi connectivity index (χ4v) is 3.07. The molecule has 2 aromatic heterocycles. The van der Waals surface area contributed by atoms with Crippen LogP contribution in [-0.2, 0) is 11.8 Å². The van der Waals surface area contributed by atoms with Gasteiger partial charge < -0.3 is 5.32 Å². The topological polar surface area (TPSA) is 67.2 Å². The summed E-state index contributed by atoms with van der Waals surface area (Å²) < 4.78 is 1.55. The fraction of sp³-hybridized carbons (Fsp3) is 0.438. The first-order valence-electron chi connectivity index (χ1n) is 7.60. The molecule has 0 aliphatic heterocycles. The maximum atomic E-state index is 12.7. The Morgan fingerprint density at radius 1 is 1.35 bits per heavy atom. The second kappa shape index (κ2) is 7.52. The van der Waals surface area contributed by atoms with Crippen LogP contribution in [0.5, 0.6) is 0 Å². The lowest BCUT2D eigenvalue weighted by molar-refractivity contribution is -0.117. The number of aryl methyl sites for hydroxylation is 2. The molecule has 6 nitrogen and oxygen atoms in total. The molecule has 0 saturated heterocycles. The van der Waals surface area contributed by atoms with Gasteiger partial charge in [-0.25, -0.2) is 0 Å². The second-order valence-corrected chi connectivity index (χ2v) is 6.06. The normalized spacial score (nSPS) is 11.0. The van der Waals surface area contributed by atoms with Crippen LogP contribution in [0.4, 0.5) is 5.82 Å². The lowest BCUT2D eigenvalue weighted by Crippen LogP contribution is -2.33. The average molecular weight is 334 g/mol. The monoisotopic (exact) mass is 334 g/mol. The Hall–Kier alpha value is -1.99. The van der Waals surface area contributed by atoms with Crippen molar-refractivity contribution in [1.82, 2.24) is 14.7 Å². The number of hydrogen-bond donors (Lipinski definition) is 1. The van der Waals surface area contributed by atoms with Gasteiger partial charge in [-0.15, -0.1) is 0 Å². The zero-order valence-corrected chi connectivity index (χ0v) is 14.7. The van der Waals surface area contributed by atoms with Crippen LogP contribution in [0.3, 0.4) is 0 Å². The quantitative estimate of drug-likeness (QED) is 0.789. The van der Waals surface area contributed by atoms with Crippen molar-refractivity contribution in [2.45, 2.75) is 20.8 Å². The van der Waals surface area contributed by atoms with Crippen molar-refractivity contribution in [3.8, 4) is 0 Å². The first kappa shape index (κ1) is 17.4. The molecule has 0 atom stereocenters. The molecule has 2 rings (SSSR count). The highest BCUT2D eigenvalue weighted by molar-refractivity contribution is 7.08. The summed E-state index contributed by atoms with van der Waals surface area (Å²) in [6, 6.07) is 1.78. The SMILES string of the molecule is CCN(CC)CC(=O)Nc1c(C(=O)c2ccsc2)c(C)nn1C. The summed E-state index contributed by atoms with van der Waals surface area (Å²) in [4.78, 5) is 26.9. The molecule has 124 valence electrons. The van der Waals surface area contributed by atoms with Gasteiger partial charge >= 0.3 is 0 Å². The Morgan fingerprint density at radius 3 is 2.61 bits per heavy atom. The average Bonchev–Trinajstić information content (AvgIpc) is 3.13. The van der Waals surface area contributed by atoms with E-state index in [1.165, 1.54) is 11.3 Å². The van der Waals surface area contributed by atoms with E-state index in [-0.39, 0.29) is 11.7 Å². The van der Waals surface area contributed by atoms with E-state index >= 15 is 0 Å². The van der Waals surface area contributed by atoms with Gasteiger partial charge in [0.15, 0.2) is 5.78 Å². The highest BCUT2D eigenvalue weighted by Gasteiger charge is 2.23. The van der Waals surface area contributed by atoms with Gasteiger partial charge in [0, 0.05) is 18.0 Å². The molecule has 0 bridgehead atoms. The Kier molecular flexibility index (Phi) is 5.68. The minimum atomic E-state index is -0.143. The number of hydrogen-bond acceptors (Lipinski definition) is 5. The maximum absolute atomic E-state index is 12.7. The highest BCUT2D eigenvalue weighted by atomic mass is 32.1. The zero-order chi connectivity index (χ0) is 17.0. The second-order valence-electron chi connectivity index (χ2n) is 5.28. The molecule has 0 aromatic carbocycles. The van der Waals surface area contributed by atoms with Crippen molar-refractivity contribution in [3.63, 3.8) is 0 Å². The third-order valence-corrected chi connectivity index (χ3v) is 4.44. The van der Waals surface area contributed by atoms with Crippen LogP contribution >= 0.6 is 11.3 Å². The summed E-state index contributed by atoms with van der Waals surface area (Å²) in [7, 11) is 1.73. The third kappa shape index (κ3) is 3.86. The fourth-order valence-electron chi connectivity index (χ4n) is 2.43. The third-order valence-electron chi connectivity index (χ3n) is 3.75. The lowest BCUT2D eigenvalue weighted by Gasteiger charge is -2.17. The molecular formula is C16H22N4O2S. The summed E-state index contributed by atoms with van der Waals surface area (Å²) in [5.41, 5.74) is 1.69. The van der Waals surface area contributed by atoms with Crippen molar-refractivity contribution in [3.05, 3.63) is 33.6 Å². The van der Waals surface area contributed by atoms with Gasteiger partial charge in [0.2, 0.25) is 5.91 Å². The number of amides is 1. The van der Waals surface area contributed by atoms with Crippen molar-refractivity contribution in [1.29, 1.82) is 0 Å². The highest BCUT2D eigenvalue weighted by Crippen LogP contribution is 2.23. The van der Waals surface area contributed by atoms with Crippen LogP contribution in [0.25, 0.3) is 0 Å². The number of nitrogens with zero attached hydrogens (tertiary/aromatic N) is 3. The van der Waals surface area contributed by atoms with Crippen LogP contribution in [0, 0.1) is 6.92 Å². The van der Waals surface area contributed by atoms with E-state index in [4.69, 9.17) is 0 Å². The van der Waals surface area contributed by atoms with Crippen LogP contribution in [-0.4, -0.2) is 46.0 Å². The summed E-state index contributed by atoms with van der Waals surface area (Å²) in [6.45, 7) is 7.69. The minimum Gasteiger partial charge on any atom is -0.309 e. The number of aromatic nitrogens is 2. The molecule has 0 radical (unpaired) electrons. The molecule has 1 N–H and O–H groups in total. The zero-order valence-electron chi connectivity index (χ0n) is 13.9. The van der Waals surface area contributed by atoms with Gasteiger partial charge in [-0.1, -0.05) is 13.8 Å². The molecule has 7 heteroatoms. The number of likely N-dealkylation sites (N-methyl/N-ethyl adjacent to an activating group) is 1. The van der Waals surface area contributed by atoms with Gasteiger partial charge in [-0.2, -0.15) is 16.4 Å². The van der Waals surface area contributed by atoms with Gasteiger partial charge in [-0.05, 0) is 31.5 Å². The summed E-state index contributed by atoms with van der Waals surface area (Å²) in [6.07, 6.45) is 0. The molecule has 0 fully saturated rings. The first-order chi connectivity index (χ1) is 11.0. The molecule has 2 heterocycles. The van der Waals surface area contributed by atoms with Gasteiger partial charge in [0.25, 0.3) is 0 Å². The van der Waals surface area contributed by atoms with Gasteiger partial charge in [-0.3, -0.25) is 19.2 Å². The van der Waals surface area contributed by atoms with E-state index in [1.807, 2.05) is 24.1 Å². The maximum Gasteiger partial charge on any atom is 0.239 e. The van der Waals surface area contributed by atoms with Crippen LogP contribution < -0.4 is 5.32 Å². The van der Waals surface area contributed by atoms with E-state index in [0.29, 0.717) is 29.2 Å². The van der Waals surface area contributed by atoms with Gasteiger partial charge in [0.1, 0.15) is 5.82 Å². The number of ketones is 1. The molecular weight excluding hydrogens is 312 g/mol. The molecule has 0 aliphatic rings. The van der Waals surface area contributed by atoms with Crippen molar-refractivity contribution >= 4 is 28.8 Å². The molecule has 1 amide bonds. The van der Waals surface area contributed by atoms with Crippen LogP contribution in [0.2, 0.25) is 0 Å². The van der Waals surface area contributed by atoms with E-state index in [1.54, 1.807) is 30.1 Å². The molecule has 23 heavy (non-hydrogen) atoms.